The number of cyclic esters (lactones) is 1. The number of hydrogen-bond donors (Lipinski definition) is 1. The van der Waals surface area contributed by atoms with Crippen LogP contribution in [0.3, 0.4) is 0 Å². The molecule has 4 heteroatoms. The van der Waals surface area contributed by atoms with Gasteiger partial charge in [-0.1, -0.05) is 55.8 Å². The molecular formula is C25H29NO3. The average Bonchev–Trinajstić information content (AvgIpc) is 2.91. The maximum atomic E-state index is 12.3. The lowest BCUT2D eigenvalue weighted by Crippen LogP contribution is -2.52. The minimum atomic E-state index is -1.37. The highest BCUT2D eigenvalue weighted by Crippen LogP contribution is 2.51. The topological polar surface area (TPSA) is 59.4 Å². The van der Waals surface area contributed by atoms with Crippen molar-refractivity contribution in [1.82, 2.24) is 4.98 Å². The Morgan fingerprint density at radius 1 is 1.17 bits per heavy atom. The molecule has 4 rings (SSSR count). The van der Waals surface area contributed by atoms with Gasteiger partial charge in [-0.2, -0.15) is 0 Å². The summed E-state index contributed by atoms with van der Waals surface area (Å²) in [4.78, 5) is 16.9. The van der Waals surface area contributed by atoms with Gasteiger partial charge in [-0.3, -0.25) is 4.98 Å². The van der Waals surface area contributed by atoms with E-state index in [1.807, 2.05) is 25.3 Å². The average molecular weight is 392 g/mol. The van der Waals surface area contributed by atoms with E-state index < -0.39 is 11.6 Å². The van der Waals surface area contributed by atoms with Crippen molar-refractivity contribution in [3.05, 3.63) is 59.9 Å². The van der Waals surface area contributed by atoms with E-state index >= 15 is 0 Å². The summed E-state index contributed by atoms with van der Waals surface area (Å²) in [6.45, 7) is 8.27. The van der Waals surface area contributed by atoms with Crippen LogP contribution in [-0.4, -0.2) is 27.8 Å². The maximum absolute atomic E-state index is 12.3. The van der Waals surface area contributed by atoms with Gasteiger partial charge in [0.15, 0.2) is 5.60 Å². The Kier molecular flexibility index (Phi) is 5.07. The van der Waals surface area contributed by atoms with Crippen LogP contribution in [-0.2, 0) is 9.53 Å². The number of allylic oxidation sites excluding steroid dienone is 1. The van der Waals surface area contributed by atoms with E-state index in [0.717, 1.165) is 16.8 Å². The number of carbonyl (C=O) groups is 1. The number of hydrogen-bond acceptors (Lipinski definition) is 4. The zero-order valence-electron chi connectivity index (χ0n) is 17.5. The van der Waals surface area contributed by atoms with Crippen LogP contribution >= 0.6 is 0 Å². The molecule has 0 amide bonds. The second kappa shape index (κ2) is 7.42. The molecule has 1 aromatic heterocycles. The summed E-state index contributed by atoms with van der Waals surface area (Å²) in [5, 5.41) is 11.1. The Balaban J connectivity index is 1.58. The Bertz CT molecular complexity index is 935. The van der Waals surface area contributed by atoms with Crippen LogP contribution in [0.4, 0.5) is 0 Å². The Morgan fingerprint density at radius 3 is 2.66 bits per heavy atom. The van der Waals surface area contributed by atoms with E-state index in [4.69, 9.17) is 4.74 Å². The Morgan fingerprint density at radius 2 is 1.97 bits per heavy atom. The number of aromatic nitrogens is 1. The number of aliphatic hydroxyl groups is 1. The summed E-state index contributed by atoms with van der Waals surface area (Å²) in [5.74, 6) is -0.0410. The van der Waals surface area contributed by atoms with Crippen molar-refractivity contribution in [3.8, 4) is 11.1 Å². The first-order chi connectivity index (χ1) is 13.8. The number of ether oxygens (including phenoxy) is 1. The van der Waals surface area contributed by atoms with Crippen LogP contribution in [0.2, 0.25) is 0 Å². The minimum absolute atomic E-state index is 0.0587. The van der Waals surface area contributed by atoms with Gasteiger partial charge in [-0.05, 0) is 55.7 Å². The van der Waals surface area contributed by atoms with Crippen LogP contribution in [0, 0.1) is 30.6 Å². The van der Waals surface area contributed by atoms with Gasteiger partial charge in [-0.25, -0.2) is 4.79 Å². The molecule has 0 bridgehead atoms. The van der Waals surface area contributed by atoms with Crippen molar-refractivity contribution in [2.45, 2.75) is 45.8 Å². The zero-order valence-corrected chi connectivity index (χ0v) is 17.5. The molecule has 4 nitrogen and oxygen atoms in total. The summed E-state index contributed by atoms with van der Waals surface area (Å²) in [6.07, 6.45) is 6.20. The van der Waals surface area contributed by atoms with E-state index in [-0.39, 0.29) is 23.9 Å². The van der Waals surface area contributed by atoms with Crippen molar-refractivity contribution >= 4 is 12.0 Å². The normalized spacial score (nSPS) is 34.2. The van der Waals surface area contributed by atoms with Crippen LogP contribution in [0.1, 0.15) is 38.4 Å². The molecule has 2 aromatic rings. The Labute approximate surface area is 172 Å². The second-order valence-electron chi connectivity index (χ2n) is 8.88. The first kappa shape index (κ1) is 19.8. The van der Waals surface area contributed by atoms with Crippen LogP contribution in [0.5, 0.6) is 0 Å². The molecule has 1 aliphatic heterocycles. The van der Waals surface area contributed by atoms with Crippen molar-refractivity contribution in [2.24, 2.45) is 23.7 Å². The van der Waals surface area contributed by atoms with Crippen molar-refractivity contribution < 1.29 is 14.6 Å². The predicted molar refractivity (Wildman–Crippen MR) is 114 cm³/mol. The van der Waals surface area contributed by atoms with Gasteiger partial charge in [0.2, 0.25) is 0 Å². The summed E-state index contributed by atoms with van der Waals surface area (Å²) in [6, 6.07) is 12.5. The molecule has 2 fully saturated rings. The van der Waals surface area contributed by atoms with Crippen LogP contribution in [0.25, 0.3) is 17.2 Å². The molecule has 1 saturated carbocycles. The minimum Gasteiger partial charge on any atom is -0.460 e. The second-order valence-corrected chi connectivity index (χ2v) is 8.88. The number of fused-ring (bicyclic) bond motifs is 1. The molecule has 2 aliphatic rings. The standard InChI is InChI=1S/C25H29NO3/c1-15-6-5-7-19(12-15)20-8-9-21(26-14-20)10-11-22-17(3)16(2)13-25(28)23(22)18(4)29-24(25)27/h5-12,14,16-18,22-23,28H,13H2,1-4H3/b11-10+/t16-,17?,18+,22-,23-,25-/m0/s1. The fourth-order valence-corrected chi connectivity index (χ4v) is 5.11. The van der Waals surface area contributed by atoms with E-state index in [2.05, 4.69) is 62.2 Å². The monoisotopic (exact) mass is 391 g/mol. The van der Waals surface area contributed by atoms with E-state index in [1.165, 1.54) is 5.56 Å². The van der Waals surface area contributed by atoms with Gasteiger partial charge >= 0.3 is 5.97 Å². The summed E-state index contributed by atoms with van der Waals surface area (Å²) in [7, 11) is 0. The lowest BCUT2D eigenvalue weighted by molar-refractivity contribution is -0.160. The van der Waals surface area contributed by atoms with E-state index in [9.17, 15) is 9.90 Å². The molecule has 1 saturated heterocycles. The number of aryl methyl sites for hydroxylation is 1. The molecule has 1 N–H and O–H groups in total. The number of pyridine rings is 1. The number of benzene rings is 1. The largest absolute Gasteiger partial charge is 0.460 e. The first-order valence-corrected chi connectivity index (χ1v) is 10.4. The Hall–Kier alpha value is -2.46. The lowest BCUT2D eigenvalue weighted by Gasteiger charge is -2.44. The SMILES string of the molecule is Cc1cccc(-c2ccc(/C=C/[C@H]3C(C)[C@@H](C)C[C@@]4(O)C(=O)O[C@H](C)[C@@H]34)nc2)c1. The molecule has 1 aliphatic carbocycles. The highest BCUT2D eigenvalue weighted by atomic mass is 16.6. The third kappa shape index (κ3) is 3.51. The van der Waals surface area contributed by atoms with Crippen LogP contribution < -0.4 is 0 Å². The molecule has 29 heavy (non-hydrogen) atoms. The van der Waals surface area contributed by atoms with Gasteiger partial charge < -0.3 is 9.84 Å². The molecule has 152 valence electrons. The fraction of sp³-hybridized carbons (Fsp3) is 0.440. The van der Waals surface area contributed by atoms with Gasteiger partial charge in [0.1, 0.15) is 6.10 Å². The third-order valence-corrected chi connectivity index (χ3v) is 6.88. The van der Waals surface area contributed by atoms with Crippen molar-refractivity contribution in [1.29, 1.82) is 0 Å². The highest BCUT2D eigenvalue weighted by Gasteiger charge is 2.61. The van der Waals surface area contributed by atoms with Gasteiger partial charge in [0, 0.05) is 17.7 Å². The van der Waals surface area contributed by atoms with Gasteiger partial charge in [0.25, 0.3) is 0 Å². The third-order valence-electron chi connectivity index (χ3n) is 6.88. The number of nitrogens with zero attached hydrogens (tertiary/aromatic N) is 1. The molecular weight excluding hydrogens is 362 g/mol. The molecule has 1 aromatic carbocycles. The number of esters is 1. The zero-order chi connectivity index (χ0) is 20.8. The van der Waals surface area contributed by atoms with Crippen molar-refractivity contribution in [3.63, 3.8) is 0 Å². The summed E-state index contributed by atoms with van der Waals surface area (Å²) in [5.41, 5.74) is 2.96. The molecule has 0 radical (unpaired) electrons. The molecule has 0 spiro atoms. The van der Waals surface area contributed by atoms with Crippen molar-refractivity contribution in [2.75, 3.05) is 0 Å². The van der Waals surface area contributed by atoms with Gasteiger partial charge in [0.05, 0.1) is 5.69 Å². The first-order valence-electron chi connectivity index (χ1n) is 10.4. The highest BCUT2D eigenvalue weighted by molar-refractivity contribution is 5.82. The quantitative estimate of drug-likeness (QED) is 0.774. The number of rotatable bonds is 3. The summed E-state index contributed by atoms with van der Waals surface area (Å²) >= 11 is 0. The molecule has 6 atom stereocenters. The van der Waals surface area contributed by atoms with E-state index in [1.54, 1.807) is 0 Å². The predicted octanol–water partition coefficient (Wildman–Crippen LogP) is 4.65. The lowest BCUT2D eigenvalue weighted by atomic mass is 9.60. The van der Waals surface area contributed by atoms with Crippen LogP contribution in [0.15, 0.2) is 48.7 Å². The smallest absolute Gasteiger partial charge is 0.338 e. The maximum Gasteiger partial charge on any atom is 0.338 e. The fourth-order valence-electron chi connectivity index (χ4n) is 5.11. The summed E-state index contributed by atoms with van der Waals surface area (Å²) < 4.78 is 5.43. The molecule has 1 unspecified atom stereocenters. The molecule has 2 heterocycles. The number of carbonyl (C=O) groups excluding carboxylic acids is 1. The van der Waals surface area contributed by atoms with E-state index in [0.29, 0.717) is 12.3 Å². The van der Waals surface area contributed by atoms with Gasteiger partial charge in [-0.15, -0.1) is 0 Å².